The highest BCUT2D eigenvalue weighted by Gasteiger charge is 2.26. The van der Waals surface area contributed by atoms with E-state index in [1.807, 2.05) is 30.1 Å². The summed E-state index contributed by atoms with van der Waals surface area (Å²) in [5, 5.41) is 4.08. The maximum absolute atomic E-state index is 12.5. The number of amides is 1. The summed E-state index contributed by atoms with van der Waals surface area (Å²) in [4.78, 5) is 19.3. The number of carbonyl (C=O) groups is 1. The van der Waals surface area contributed by atoms with Crippen molar-refractivity contribution in [1.29, 1.82) is 0 Å². The molecule has 1 fully saturated rings. The lowest BCUT2D eigenvalue weighted by molar-refractivity contribution is -0.117. The molecule has 0 aliphatic carbocycles. The molecule has 1 aliphatic heterocycles. The number of rotatable bonds is 7. The van der Waals surface area contributed by atoms with Crippen LogP contribution in [0.4, 0.5) is 11.5 Å². The average molecular weight is 411 g/mol. The number of ether oxygens (including phenoxy) is 1. The molecule has 1 aliphatic rings. The third kappa shape index (κ3) is 4.81. The van der Waals surface area contributed by atoms with Gasteiger partial charge < -0.3 is 15.0 Å². The van der Waals surface area contributed by atoms with Crippen molar-refractivity contribution in [3.8, 4) is 11.1 Å². The van der Waals surface area contributed by atoms with Crippen molar-refractivity contribution in [2.45, 2.75) is 12.8 Å². The predicted molar refractivity (Wildman–Crippen MR) is 124 cm³/mol. The molecule has 1 aromatic carbocycles. The fourth-order valence-corrected chi connectivity index (χ4v) is 3.96. The minimum Gasteiger partial charge on any atom is -0.384 e. The number of pyridine rings is 1. The fourth-order valence-electron chi connectivity index (χ4n) is 3.36. The van der Waals surface area contributed by atoms with Crippen molar-refractivity contribution in [2.24, 2.45) is 5.92 Å². The van der Waals surface area contributed by atoms with E-state index in [4.69, 9.17) is 12.6 Å². The topological polar surface area (TPSA) is 54.5 Å². The number of carbonyl (C=O) groups excluding carboxylic acids is 1. The van der Waals surface area contributed by atoms with Gasteiger partial charge in [-0.1, -0.05) is 29.5 Å². The molecule has 0 saturated carbocycles. The van der Waals surface area contributed by atoms with Crippen LogP contribution < -0.4 is 21.0 Å². The van der Waals surface area contributed by atoms with Gasteiger partial charge in [-0.25, -0.2) is 4.98 Å². The van der Waals surface area contributed by atoms with Crippen LogP contribution in [0.2, 0.25) is 0 Å². The fraction of sp³-hybridized carbons (Fsp3) is 0.350. The summed E-state index contributed by atoms with van der Waals surface area (Å²) in [5.41, 5.74) is 3.25. The van der Waals surface area contributed by atoms with Crippen LogP contribution in [-0.4, -0.2) is 51.3 Å². The second kappa shape index (κ2) is 9.65. The Bertz CT molecular complexity index is 879. The first-order valence-electron chi connectivity index (χ1n) is 9.22. The number of aromatic nitrogens is 1. The van der Waals surface area contributed by atoms with Gasteiger partial charge >= 0.3 is 0 Å². The molecular formula is C20H24BN3O2P2. The van der Waals surface area contributed by atoms with Gasteiger partial charge in [-0.3, -0.25) is 4.79 Å². The third-order valence-corrected chi connectivity index (χ3v) is 5.83. The van der Waals surface area contributed by atoms with Gasteiger partial charge in [0.2, 0.25) is 5.91 Å². The zero-order valence-corrected chi connectivity index (χ0v) is 18.1. The molecular weight excluding hydrogens is 387 g/mol. The SMILES string of the molecule is [B]c1ccc(P)c(-c2ccnc(N3CCC(C=P)C3)c2NC(=O)CCOC)c1. The summed E-state index contributed by atoms with van der Waals surface area (Å²) in [5.74, 6) is 3.17. The maximum atomic E-state index is 12.5. The van der Waals surface area contributed by atoms with Gasteiger partial charge in [0.25, 0.3) is 0 Å². The highest BCUT2D eigenvalue weighted by Crippen LogP contribution is 2.36. The number of methoxy groups -OCH3 is 1. The van der Waals surface area contributed by atoms with E-state index in [0.29, 0.717) is 23.7 Å². The van der Waals surface area contributed by atoms with Crippen LogP contribution in [0.3, 0.4) is 0 Å². The van der Waals surface area contributed by atoms with Gasteiger partial charge in [0, 0.05) is 37.9 Å². The lowest BCUT2D eigenvalue weighted by Crippen LogP contribution is -2.24. The highest BCUT2D eigenvalue weighted by atomic mass is 31.0. The van der Waals surface area contributed by atoms with Crippen molar-refractivity contribution in [3.63, 3.8) is 0 Å². The minimum atomic E-state index is -0.103. The van der Waals surface area contributed by atoms with Crippen LogP contribution >= 0.6 is 18.1 Å². The van der Waals surface area contributed by atoms with Crippen LogP contribution in [0, 0.1) is 5.92 Å². The Labute approximate surface area is 172 Å². The summed E-state index contributed by atoms with van der Waals surface area (Å²) < 4.78 is 5.04. The Morgan fingerprint density at radius 3 is 3.00 bits per heavy atom. The number of nitrogens with one attached hydrogen (secondary N) is 1. The van der Waals surface area contributed by atoms with Gasteiger partial charge in [0.05, 0.1) is 18.7 Å². The van der Waals surface area contributed by atoms with E-state index in [-0.39, 0.29) is 12.3 Å². The van der Waals surface area contributed by atoms with Crippen molar-refractivity contribution >= 4 is 59.9 Å². The second-order valence-corrected chi connectivity index (χ2v) is 7.81. The third-order valence-electron chi connectivity index (χ3n) is 4.86. The molecule has 1 aromatic heterocycles. The van der Waals surface area contributed by atoms with E-state index in [2.05, 4.69) is 33.3 Å². The maximum Gasteiger partial charge on any atom is 0.226 e. The molecule has 2 atom stereocenters. The molecule has 1 saturated heterocycles. The monoisotopic (exact) mass is 411 g/mol. The molecule has 0 bridgehead atoms. The molecule has 2 heterocycles. The second-order valence-electron chi connectivity index (χ2n) is 6.86. The predicted octanol–water partition coefficient (Wildman–Crippen LogP) is 1.79. The Kier molecular flexibility index (Phi) is 7.23. The first-order valence-corrected chi connectivity index (χ1v) is 10.4. The molecule has 5 nitrogen and oxygen atoms in total. The Morgan fingerprint density at radius 2 is 2.29 bits per heavy atom. The van der Waals surface area contributed by atoms with E-state index >= 15 is 0 Å². The van der Waals surface area contributed by atoms with Crippen molar-refractivity contribution in [1.82, 2.24) is 4.98 Å². The zero-order valence-electron chi connectivity index (χ0n) is 15.9. The normalized spacial score (nSPS) is 16.2. The van der Waals surface area contributed by atoms with Crippen LogP contribution in [0.5, 0.6) is 0 Å². The Hall–Kier alpha value is -1.74. The first kappa shape index (κ1) is 21.0. The standard InChI is InChI=1S/C20H24BN3O2P2/c1-26-9-6-18(25)23-19-15(16-10-14(21)2-3-17(16)28)4-7-22-20(19)24-8-5-13(11-24)12-27/h2-4,7,10,12-13,27H,5-6,8-9,11,28H2,1H3,(H,23,25). The molecule has 3 rings (SSSR count). The van der Waals surface area contributed by atoms with E-state index in [1.54, 1.807) is 13.3 Å². The Morgan fingerprint density at radius 1 is 1.46 bits per heavy atom. The van der Waals surface area contributed by atoms with E-state index in [9.17, 15) is 4.79 Å². The lowest BCUT2D eigenvalue weighted by Gasteiger charge is -2.23. The summed E-state index contributed by atoms with van der Waals surface area (Å²) >= 11 is 0. The molecule has 144 valence electrons. The summed E-state index contributed by atoms with van der Waals surface area (Å²) in [6.45, 7) is 2.10. The summed E-state index contributed by atoms with van der Waals surface area (Å²) in [7, 11) is 13.9. The van der Waals surface area contributed by atoms with Crippen LogP contribution in [0.15, 0.2) is 30.5 Å². The van der Waals surface area contributed by atoms with E-state index < -0.39 is 0 Å². The summed E-state index contributed by atoms with van der Waals surface area (Å²) in [6.07, 6.45) is 3.11. The van der Waals surface area contributed by atoms with E-state index in [0.717, 1.165) is 41.8 Å². The molecule has 2 aromatic rings. The molecule has 0 spiro atoms. The van der Waals surface area contributed by atoms with Gasteiger partial charge in [0.15, 0.2) is 5.82 Å². The van der Waals surface area contributed by atoms with Gasteiger partial charge in [-0.2, -0.15) is 0 Å². The molecule has 1 N–H and O–H groups in total. The number of hydrogen-bond acceptors (Lipinski definition) is 4. The van der Waals surface area contributed by atoms with Gasteiger partial charge in [-0.05, 0) is 23.4 Å². The van der Waals surface area contributed by atoms with E-state index in [1.165, 1.54) is 0 Å². The number of benzene rings is 1. The molecule has 1 amide bonds. The number of anilines is 2. The van der Waals surface area contributed by atoms with Crippen molar-refractivity contribution in [3.05, 3.63) is 30.5 Å². The molecule has 2 radical (unpaired) electrons. The largest absolute Gasteiger partial charge is 0.384 e. The molecule has 2 unspecified atom stereocenters. The summed E-state index contributed by atoms with van der Waals surface area (Å²) in [6, 6.07) is 7.66. The Balaban J connectivity index is 2.06. The van der Waals surface area contributed by atoms with Crippen LogP contribution in [-0.2, 0) is 9.53 Å². The zero-order chi connectivity index (χ0) is 20.1. The minimum absolute atomic E-state index is 0.103. The van der Waals surface area contributed by atoms with Crippen LogP contribution in [0.25, 0.3) is 11.1 Å². The molecule has 28 heavy (non-hydrogen) atoms. The quantitative estimate of drug-likeness (QED) is 0.558. The number of hydrogen-bond donors (Lipinski definition) is 1. The van der Waals surface area contributed by atoms with Crippen LogP contribution in [0.1, 0.15) is 12.8 Å². The van der Waals surface area contributed by atoms with Crippen molar-refractivity contribution < 1.29 is 9.53 Å². The van der Waals surface area contributed by atoms with Crippen molar-refractivity contribution in [2.75, 3.05) is 37.0 Å². The molecule has 8 heteroatoms. The smallest absolute Gasteiger partial charge is 0.226 e. The average Bonchev–Trinajstić information content (AvgIpc) is 3.17. The van der Waals surface area contributed by atoms with Gasteiger partial charge in [-0.15, -0.1) is 18.1 Å². The number of nitrogens with zero attached hydrogens (tertiary/aromatic N) is 2. The van der Waals surface area contributed by atoms with Gasteiger partial charge in [0.1, 0.15) is 7.85 Å². The highest BCUT2D eigenvalue weighted by molar-refractivity contribution is 7.28. The first-order chi connectivity index (χ1) is 13.5. The lowest BCUT2D eigenvalue weighted by atomic mass is 9.92.